The smallest absolute Gasteiger partial charge is 0.355 e. The molecule has 0 radical (unpaired) electrons. The lowest BCUT2D eigenvalue weighted by atomic mass is 10.1. The van der Waals surface area contributed by atoms with E-state index in [0.717, 1.165) is 30.8 Å². The van der Waals surface area contributed by atoms with E-state index in [-0.39, 0.29) is 11.7 Å². The quantitative estimate of drug-likeness (QED) is 0.792. The Balaban J connectivity index is 2.49. The van der Waals surface area contributed by atoms with Crippen LogP contribution in [0.25, 0.3) is 0 Å². The van der Waals surface area contributed by atoms with Gasteiger partial charge in [0.1, 0.15) is 0 Å². The van der Waals surface area contributed by atoms with Crippen LogP contribution in [0.2, 0.25) is 0 Å². The number of fused-ring (bicyclic) bond motifs is 1. The first-order valence-electron chi connectivity index (χ1n) is 5.47. The van der Waals surface area contributed by atoms with Crippen LogP contribution in [0.15, 0.2) is 0 Å². The number of ether oxygens (including phenoxy) is 1. The number of aromatic carboxylic acids is 1. The predicted molar refractivity (Wildman–Crippen MR) is 60.4 cm³/mol. The Morgan fingerprint density at radius 1 is 1.35 bits per heavy atom. The Morgan fingerprint density at radius 2 is 2.06 bits per heavy atom. The Kier molecular flexibility index (Phi) is 3.23. The number of aromatic nitrogens is 2. The molecular formula is C11H15N3O3. The molecule has 1 aromatic rings. The molecule has 1 aliphatic rings. The summed E-state index contributed by atoms with van der Waals surface area (Å²) >= 11 is 0. The lowest BCUT2D eigenvalue weighted by Gasteiger charge is -2.10. The van der Waals surface area contributed by atoms with E-state index in [1.165, 1.54) is 7.11 Å². The van der Waals surface area contributed by atoms with Crippen molar-refractivity contribution in [2.24, 2.45) is 0 Å². The van der Waals surface area contributed by atoms with Crippen LogP contribution in [0.5, 0.6) is 6.01 Å². The molecule has 0 aromatic carbocycles. The van der Waals surface area contributed by atoms with Gasteiger partial charge in [-0.1, -0.05) is 0 Å². The first kappa shape index (κ1) is 11.8. The number of nitrogens with zero attached hydrogens (tertiary/aromatic N) is 3. The highest BCUT2D eigenvalue weighted by Crippen LogP contribution is 2.19. The first-order valence-corrected chi connectivity index (χ1v) is 5.47. The van der Waals surface area contributed by atoms with Crippen molar-refractivity contribution in [2.75, 3.05) is 27.2 Å². The number of rotatable bonds is 2. The normalized spacial score (nSPS) is 16.1. The molecule has 17 heavy (non-hydrogen) atoms. The largest absolute Gasteiger partial charge is 0.476 e. The van der Waals surface area contributed by atoms with Crippen molar-refractivity contribution in [3.05, 3.63) is 17.0 Å². The van der Waals surface area contributed by atoms with Crippen LogP contribution in [0.4, 0.5) is 0 Å². The maximum atomic E-state index is 11.2. The van der Waals surface area contributed by atoms with Gasteiger partial charge < -0.3 is 14.7 Å². The molecule has 0 bridgehead atoms. The molecule has 0 saturated carbocycles. The average molecular weight is 237 g/mol. The third kappa shape index (κ3) is 2.36. The lowest BCUT2D eigenvalue weighted by Crippen LogP contribution is -2.21. The second-order valence-corrected chi connectivity index (χ2v) is 4.09. The van der Waals surface area contributed by atoms with Crippen LogP contribution in [-0.2, 0) is 12.8 Å². The molecule has 2 rings (SSSR count). The Labute approximate surface area is 99.2 Å². The van der Waals surface area contributed by atoms with E-state index < -0.39 is 5.97 Å². The van der Waals surface area contributed by atoms with Gasteiger partial charge in [-0.2, -0.15) is 9.97 Å². The van der Waals surface area contributed by atoms with Gasteiger partial charge in [0.25, 0.3) is 0 Å². The molecule has 6 heteroatoms. The molecular weight excluding hydrogens is 222 g/mol. The Morgan fingerprint density at radius 3 is 2.71 bits per heavy atom. The second-order valence-electron chi connectivity index (χ2n) is 4.09. The number of hydrogen-bond acceptors (Lipinski definition) is 5. The van der Waals surface area contributed by atoms with Gasteiger partial charge >= 0.3 is 12.0 Å². The molecule has 0 unspecified atom stereocenters. The van der Waals surface area contributed by atoms with Gasteiger partial charge in [0, 0.05) is 25.1 Å². The minimum absolute atomic E-state index is 0.0714. The van der Waals surface area contributed by atoms with Crippen molar-refractivity contribution in [1.29, 1.82) is 0 Å². The molecule has 1 aliphatic heterocycles. The molecule has 0 fully saturated rings. The Hall–Kier alpha value is -1.69. The highest BCUT2D eigenvalue weighted by molar-refractivity contribution is 5.87. The zero-order chi connectivity index (χ0) is 12.4. The average Bonchev–Trinajstić information content (AvgIpc) is 2.50. The van der Waals surface area contributed by atoms with Crippen molar-refractivity contribution in [3.8, 4) is 6.01 Å². The number of hydrogen-bond donors (Lipinski definition) is 1. The minimum atomic E-state index is -1.02. The van der Waals surface area contributed by atoms with Crippen molar-refractivity contribution < 1.29 is 14.6 Å². The van der Waals surface area contributed by atoms with E-state index in [4.69, 9.17) is 9.84 Å². The summed E-state index contributed by atoms with van der Waals surface area (Å²) in [5.41, 5.74) is 1.60. The van der Waals surface area contributed by atoms with Crippen molar-refractivity contribution in [1.82, 2.24) is 14.9 Å². The van der Waals surface area contributed by atoms with Crippen LogP contribution < -0.4 is 4.74 Å². The minimum Gasteiger partial charge on any atom is -0.476 e. The van der Waals surface area contributed by atoms with E-state index in [1.807, 2.05) is 7.05 Å². The van der Waals surface area contributed by atoms with Crippen molar-refractivity contribution in [2.45, 2.75) is 12.8 Å². The van der Waals surface area contributed by atoms with Crippen LogP contribution in [0.3, 0.4) is 0 Å². The molecule has 92 valence electrons. The highest BCUT2D eigenvalue weighted by Gasteiger charge is 2.22. The van der Waals surface area contributed by atoms with Gasteiger partial charge in [-0.05, 0) is 13.5 Å². The van der Waals surface area contributed by atoms with Gasteiger partial charge in [-0.3, -0.25) is 0 Å². The number of methoxy groups -OCH3 is 1. The standard InChI is InChI=1S/C11H15N3O3/c1-14-5-3-7-8(4-6-14)12-11(17-2)13-9(7)10(15)16/h3-6H2,1-2H3,(H,15,16). The van der Waals surface area contributed by atoms with Gasteiger partial charge in [0.2, 0.25) is 0 Å². The fourth-order valence-electron chi connectivity index (χ4n) is 1.96. The molecule has 0 aliphatic carbocycles. The number of likely N-dealkylation sites (N-methyl/N-ethyl adjacent to an activating group) is 1. The topological polar surface area (TPSA) is 75.5 Å². The van der Waals surface area contributed by atoms with Crippen LogP contribution >= 0.6 is 0 Å². The van der Waals surface area contributed by atoms with Gasteiger partial charge in [-0.15, -0.1) is 0 Å². The van der Waals surface area contributed by atoms with Gasteiger partial charge in [0.15, 0.2) is 5.69 Å². The maximum Gasteiger partial charge on any atom is 0.355 e. The molecule has 0 atom stereocenters. The SMILES string of the molecule is COc1nc2c(c(C(=O)O)n1)CCN(C)CC2. The molecule has 0 saturated heterocycles. The van der Waals surface area contributed by atoms with Gasteiger partial charge in [0.05, 0.1) is 12.8 Å². The summed E-state index contributed by atoms with van der Waals surface area (Å²) in [6.07, 6.45) is 1.39. The second kappa shape index (κ2) is 4.67. The summed E-state index contributed by atoms with van der Waals surface area (Å²) in [5, 5.41) is 9.16. The van der Waals surface area contributed by atoms with Crippen LogP contribution in [-0.4, -0.2) is 53.2 Å². The van der Waals surface area contributed by atoms with Crippen LogP contribution in [0, 0.1) is 0 Å². The number of carbonyl (C=O) groups is 1. The molecule has 1 N–H and O–H groups in total. The molecule has 2 heterocycles. The fourth-order valence-corrected chi connectivity index (χ4v) is 1.96. The summed E-state index contributed by atoms with van der Waals surface area (Å²) in [7, 11) is 3.45. The third-order valence-corrected chi connectivity index (χ3v) is 2.93. The van der Waals surface area contributed by atoms with E-state index in [1.54, 1.807) is 0 Å². The van der Waals surface area contributed by atoms with Gasteiger partial charge in [-0.25, -0.2) is 4.79 Å². The number of carboxylic acid groups (broad SMARTS) is 1. The zero-order valence-corrected chi connectivity index (χ0v) is 9.93. The molecule has 1 aromatic heterocycles. The van der Waals surface area contributed by atoms with Crippen molar-refractivity contribution >= 4 is 5.97 Å². The van der Waals surface area contributed by atoms with E-state index in [9.17, 15) is 4.79 Å². The summed E-state index contributed by atoms with van der Waals surface area (Å²) in [4.78, 5) is 21.5. The summed E-state index contributed by atoms with van der Waals surface area (Å²) in [5.74, 6) is -1.02. The maximum absolute atomic E-state index is 11.2. The zero-order valence-electron chi connectivity index (χ0n) is 9.93. The summed E-state index contributed by atoms with van der Waals surface area (Å²) in [6, 6.07) is 0.130. The molecule has 0 spiro atoms. The molecule has 6 nitrogen and oxygen atoms in total. The van der Waals surface area contributed by atoms with E-state index in [2.05, 4.69) is 14.9 Å². The number of carboxylic acids is 1. The Bertz CT molecular complexity index is 448. The first-order chi connectivity index (χ1) is 8.11. The lowest BCUT2D eigenvalue weighted by molar-refractivity contribution is 0.0687. The third-order valence-electron chi connectivity index (χ3n) is 2.93. The monoisotopic (exact) mass is 237 g/mol. The van der Waals surface area contributed by atoms with E-state index >= 15 is 0 Å². The molecule has 0 amide bonds. The van der Waals surface area contributed by atoms with Crippen LogP contribution in [0.1, 0.15) is 21.7 Å². The predicted octanol–water partition coefficient (Wildman–Crippen LogP) is 0.214. The summed E-state index contributed by atoms with van der Waals surface area (Å²) < 4.78 is 4.94. The highest BCUT2D eigenvalue weighted by atomic mass is 16.5. The van der Waals surface area contributed by atoms with Crippen molar-refractivity contribution in [3.63, 3.8) is 0 Å². The van der Waals surface area contributed by atoms with E-state index in [0.29, 0.717) is 6.42 Å². The fraction of sp³-hybridized carbons (Fsp3) is 0.545. The summed E-state index contributed by atoms with van der Waals surface area (Å²) in [6.45, 7) is 1.69.